The molecule has 0 spiro atoms. The van der Waals surface area contributed by atoms with Crippen LogP contribution in [0.3, 0.4) is 0 Å². The zero-order valence-corrected chi connectivity index (χ0v) is 16.4. The monoisotopic (exact) mass is 373 g/mol. The molecule has 3 rings (SSSR count). The normalized spacial score (nSPS) is 13.4. The minimum atomic E-state index is 0.149. The molecule has 1 fully saturated rings. The van der Waals surface area contributed by atoms with Crippen LogP contribution in [-0.2, 0) is 17.8 Å². The summed E-state index contributed by atoms with van der Waals surface area (Å²) in [5.41, 5.74) is 1.10. The van der Waals surface area contributed by atoms with Crippen LogP contribution in [0.4, 0.5) is 0 Å². The van der Waals surface area contributed by atoms with Gasteiger partial charge in [-0.2, -0.15) is 0 Å². The first-order chi connectivity index (χ1) is 13.1. The van der Waals surface area contributed by atoms with Crippen molar-refractivity contribution in [2.45, 2.75) is 38.8 Å². The van der Waals surface area contributed by atoms with Crippen molar-refractivity contribution in [1.82, 2.24) is 4.90 Å². The molecule has 2 N–H and O–H groups in total. The predicted molar refractivity (Wildman–Crippen MR) is 102 cm³/mol. The SMILES string of the molecule is COc1ccc(CCN(Cc2ccc(C)o2)C(=O)C[NH2+]C2CC2)cc1OC. The van der Waals surface area contributed by atoms with E-state index >= 15 is 0 Å². The number of nitrogens with two attached hydrogens (primary N) is 1. The molecule has 1 aliphatic carbocycles. The van der Waals surface area contributed by atoms with Gasteiger partial charge in [-0.1, -0.05) is 6.07 Å². The van der Waals surface area contributed by atoms with Crippen molar-refractivity contribution in [3.8, 4) is 11.5 Å². The molecule has 2 aromatic rings. The van der Waals surface area contributed by atoms with E-state index in [-0.39, 0.29) is 5.91 Å². The smallest absolute Gasteiger partial charge is 0.278 e. The Bertz CT molecular complexity index is 767. The average molecular weight is 373 g/mol. The Morgan fingerprint density at radius 2 is 1.96 bits per heavy atom. The summed E-state index contributed by atoms with van der Waals surface area (Å²) in [6.45, 7) is 3.54. The quantitative estimate of drug-likeness (QED) is 0.691. The number of aryl methyl sites for hydroxylation is 1. The standard InChI is InChI=1S/C21H28N2O4/c1-15-4-8-18(27-15)14-23(21(24)13-22-17-6-7-17)11-10-16-5-9-19(25-2)20(12-16)26-3/h4-5,8-9,12,17,22H,6-7,10-11,13-14H2,1-3H3/p+1. The minimum absolute atomic E-state index is 0.149. The molecule has 0 atom stereocenters. The topological polar surface area (TPSA) is 68.5 Å². The van der Waals surface area contributed by atoms with Crippen molar-refractivity contribution in [2.24, 2.45) is 0 Å². The number of rotatable bonds is 10. The second-order valence-electron chi connectivity index (χ2n) is 7.04. The molecule has 1 heterocycles. The number of hydrogen-bond acceptors (Lipinski definition) is 4. The number of carbonyl (C=O) groups excluding carboxylic acids is 1. The third-order valence-corrected chi connectivity index (χ3v) is 4.86. The maximum absolute atomic E-state index is 12.7. The molecule has 1 aromatic heterocycles. The van der Waals surface area contributed by atoms with Crippen LogP contribution in [0.5, 0.6) is 11.5 Å². The molecule has 1 amide bonds. The maximum Gasteiger partial charge on any atom is 0.278 e. The molecular formula is C21H29N2O4+. The van der Waals surface area contributed by atoms with E-state index in [4.69, 9.17) is 13.9 Å². The van der Waals surface area contributed by atoms with Crippen molar-refractivity contribution in [3.63, 3.8) is 0 Å². The molecule has 1 aliphatic rings. The highest BCUT2D eigenvalue weighted by Gasteiger charge is 2.27. The van der Waals surface area contributed by atoms with Crippen LogP contribution in [0.1, 0.15) is 29.9 Å². The lowest BCUT2D eigenvalue weighted by Crippen LogP contribution is -2.88. The molecule has 0 aliphatic heterocycles. The van der Waals surface area contributed by atoms with E-state index in [1.165, 1.54) is 12.8 Å². The highest BCUT2D eigenvalue weighted by Crippen LogP contribution is 2.27. The fourth-order valence-corrected chi connectivity index (χ4v) is 3.08. The van der Waals surface area contributed by atoms with E-state index in [1.807, 2.05) is 42.2 Å². The number of carbonyl (C=O) groups is 1. The molecule has 1 aromatic carbocycles. The maximum atomic E-state index is 12.7. The van der Waals surface area contributed by atoms with Crippen LogP contribution in [0.2, 0.25) is 0 Å². The Labute approximate surface area is 160 Å². The zero-order chi connectivity index (χ0) is 19.2. The number of benzene rings is 1. The lowest BCUT2D eigenvalue weighted by Gasteiger charge is -2.21. The Hall–Kier alpha value is -2.47. The first-order valence-electron chi connectivity index (χ1n) is 9.46. The number of quaternary nitrogens is 1. The number of ether oxygens (including phenoxy) is 2. The van der Waals surface area contributed by atoms with E-state index in [9.17, 15) is 4.79 Å². The van der Waals surface area contributed by atoms with Crippen LogP contribution in [0.15, 0.2) is 34.7 Å². The predicted octanol–water partition coefficient (Wildman–Crippen LogP) is 1.90. The van der Waals surface area contributed by atoms with Gasteiger partial charge in [0.05, 0.1) is 26.8 Å². The molecule has 6 nitrogen and oxygen atoms in total. The van der Waals surface area contributed by atoms with Crippen molar-refractivity contribution in [2.75, 3.05) is 27.3 Å². The summed E-state index contributed by atoms with van der Waals surface area (Å²) in [5, 5.41) is 2.15. The second-order valence-corrected chi connectivity index (χ2v) is 7.04. The van der Waals surface area contributed by atoms with E-state index in [0.717, 1.165) is 23.5 Å². The van der Waals surface area contributed by atoms with Gasteiger partial charge >= 0.3 is 0 Å². The fraction of sp³-hybridized carbons (Fsp3) is 0.476. The van der Waals surface area contributed by atoms with Crippen LogP contribution in [-0.4, -0.2) is 44.2 Å². The molecular weight excluding hydrogens is 344 g/mol. The van der Waals surface area contributed by atoms with Gasteiger partial charge in [0.15, 0.2) is 18.0 Å². The van der Waals surface area contributed by atoms with Gasteiger partial charge in [0.2, 0.25) is 0 Å². The van der Waals surface area contributed by atoms with Crippen molar-refractivity contribution in [1.29, 1.82) is 0 Å². The lowest BCUT2D eigenvalue weighted by molar-refractivity contribution is -0.658. The van der Waals surface area contributed by atoms with E-state index in [1.54, 1.807) is 14.2 Å². The van der Waals surface area contributed by atoms with E-state index in [0.29, 0.717) is 37.2 Å². The van der Waals surface area contributed by atoms with Crippen LogP contribution >= 0.6 is 0 Å². The van der Waals surface area contributed by atoms with Gasteiger partial charge < -0.3 is 24.1 Å². The molecule has 0 bridgehead atoms. The molecule has 0 saturated heterocycles. The third kappa shape index (κ3) is 5.50. The zero-order valence-electron chi connectivity index (χ0n) is 16.4. The highest BCUT2D eigenvalue weighted by atomic mass is 16.5. The van der Waals surface area contributed by atoms with Crippen molar-refractivity contribution in [3.05, 3.63) is 47.4 Å². The second kappa shape index (κ2) is 8.95. The van der Waals surface area contributed by atoms with Crippen molar-refractivity contribution < 1.29 is 24.0 Å². The molecule has 146 valence electrons. The molecule has 0 unspecified atom stereocenters. The summed E-state index contributed by atoms with van der Waals surface area (Å²) >= 11 is 0. The van der Waals surface area contributed by atoms with Gasteiger partial charge in [0, 0.05) is 19.4 Å². The van der Waals surface area contributed by atoms with E-state index in [2.05, 4.69) is 5.32 Å². The highest BCUT2D eigenvalue weighted by molar-refractivity contribution is 5.77. The number of furan rings is 1. The average Bonchev–Trinajstić information content (AvgIpc) is 3.43. The van der Waals surface area contributed by atoms with Gasteiger partial charge in [-0.15, -0.1) is 0 Å². The number of amides is 1. The third-order valence-electron chi connectivity index (χ3n) is 4.86. The Morgan fingerprint density at radius 3 is 2.59 bits per heavy atom. The van der Waals surface area contributed by atoms with Crippen LogP contribution in [0, 0.1) is 6.92 Å². The van der Waals surface area contributed by atoms with Gasteiger partial charge in [-0.05, 0) is 43.2 Å². The van der Waals surface area contributed by atoms with Gasteiger partial charge in [0.25, 0.3) is 5.91 Å². The van der Waals surface area contributed by atoms with Gasteiger partial charge in [-0.3, -0.25) is 4.79 Å². The Kier molecular flexibility index (Phi) is 6.40. The van der Waals surface area contributed by atoms with Crippen molar-refractivity contribution >= 4 is 5.91 Å². The Balaban J connectivity index is 1.65. The van der Waals surface area contributed by atoms with Gasteiger partial charge in [0.1, 0.15) is 11.5 Å². The first-order valence-corrected chi connectivity index (χ1v) is 9.46. The Morgan fingerprint density at radius 1 is 1.19 bits per heavy atom. The van der Waals surface area contributed by atoms with Crippen LogP contribution < -0.4 is 14.8 Å². The fourth-order valence-electron chi connectivity index (χ4n) is 3.08. The molecule has 6 heteroatoms. The molecule has 1 saturated carbocycles. The summed E-state index contributed by atoms with van der Waals surface area (Å²) in [5.74, 6) is 3.24. The van der Waals surface area contributed by atoms with Crippen LogP contribution in [0.25, 0.3) is 0 Å². The summed E-state index contributed by atoms with van der Waals surface area (Å²) in [6, 6.07) is 10.4. The largest absolute Gasteiger partial charge is 0.493 e. The number of nitrogens with zero attached hydrogens (tertiary/aromatic N) is 1. The summed E-state index contributed by atoms with van der Waals surface area (Å²) in [7, 11) is 3.25. The number of hydrogen-bond donors (Lipinski definition) is 1. The first kappa shape index (κ1) is 19.3. The summed E-state index contributed by atoms with van der Waals surface area (Å²) in [6.07, 6.45) is 3.18. The molecule has 0 radical (unpaired) electrons. The number of methoxy groups -OCH3 is 2. The van der Waals surface area contributed by atoms with Gasteiger partial charge in [-0.25, -0.2) is 0 Å². The summed E-state index contributed by atoms with van der Waals surface area (Å²) in [4.78, 5) is 14.6. The van der Waals surface area contributed by atoms with E-state index < -0.39 is 0 Å². The minimum Gasteiger partial charge on any atom is -0.493 e. The summed E-state index contributed by atoms with van der Waals surface area (Å²) < 4.78 is 16.3. The molecule has 27 heavy (non-hydrogen) atoms. The lowest BCUT2D eigenvalue weighted by atomic mass is 10.1.